The molecule has 0 aromatic carbocycles. The maximum absolute atomic E-state index is 11.8. The van der Waals surface area contributed by atoms with Crippen LogP contribution in [0.4, 0.5) is 4.39 Å². The van der Waals surface area contributed by atoms with Gasteiger partial charge in [0.15, 0.2) is 6.29 Å². The lowest BCUT2D eigenvalue weighted by Crippen LogP contribution is -2.03. The number of rotatable bonds is 3. The van der Waals surface area contributed by atoms with Gasteiger partial charge in [-0.15, -0.1) is 0 Å². The molecule has 0 unspecified atom stereocenters. The summed E-state index contributed by atoms with van der Waals surface area (Å²) in [6.45, 7) is 1.51. The molecule has 74 valence electrons. The average molecular weight is 187 g/mol. The van der Waals surface area contributed by atoms with Gasteiger partial charge in [0.2, 0.25) is 0 Å². The van der Waals surface area contributed by atoms with Crippen molar-refractivity contribution in [3.8, 4) is 0 Å². The molecule has 0 aliphatic rings. The van der Waals surface area contributed by atoms with E-state index in [1.54, 1.807) is 6.92 Å². The molecule has 0 spiro atoms. The fraction of sp³-hybridized carbons (Fsp3) is 0.500. The number of hydrogen-bond acceptors (Lipinski definition) is 3. The lowest BCUT2D eigenvalue weighted by Gasteiger charge is -1.98. The highest BCUT2D eigenvalue weighted by atomic mass is 19.1. The minimum atomic E-state index is -0.458. The predicted octanol–water partition coefficient (Wildman–Crippen LogP) is 0.548. The van der Waals surface area contributed by atoms with Crippen molar-refractivity contribution in [2.24, 2.45) is 5.73 Å². The number of halogens is 1. The molecular weight excluding hydrogens is 173 g/mol. The Balaban J connectivity index is 0.000000671. The monoisotopic (exact) mass is 187 g/mol. The van der Waals surface area contributed by atoms with Crippen LogP contribution in [0.2, 0.25) is 0 Å². The summed E-state index contributed by atoms with van der Waals surface area (Å²) in [4.78, 5) is 10.3. The van der Waals surface area contributed by atoms with Crippen molar-refractivity contribution in [3.63, 3.8) is 0 Å². The van der Waals surface area contributed by atoms with Crippen LogP contribution in [0.25, 0.3) is 0 Å². The smallest absolute Gasteiger partial charge is 0.153 e. The van der Waals surface area contributed by atoms with E-state index in [1.807, 2.05) is 0 Å². The quantitative estimate of drug-likeness (QED) is 0.703. The Labute approximate surface area is 76.5 Å². The molecule has 0 atom stereocenters. The van der Waals surface area contributed by atoms with Crippen LogP contribution in [0.1, 0.15) is 16.1 Å². The molecule has 0 aliphatic heterocycles. The van der Waals surface area contributed by atoms with Crippen LogP contribution >= 0.6 is 0 Å². The van der Waals surface area contributed by atoms with Crippen molar-refractivity contribution in [2.45, 2.75) is 13.5 Å². The zero-order valence-corrected chi connectivity index (χ0v) is 7.83. The van der Waals surface area contributed by atoms with Gasteiger partial charge in [-0.3, -0.25) is 9.48 Å². The second-order valence-corrected chi connectivity index (χ2v) is 2.22. The van der Waals surface area contributed by atoms with Crippen molar-refractivity contribution in [3.05, 3.63) is 17.5 Å². The summed E-state index contributed by atoms with van der Waals surface area (Å²) < 4.78 is 13.3. The Morgan fingerprint density at radius 2 is 2.31 bits per heavy atom. The summed E-state index contributed by atoms with van der Waals surface area (Å²) in [5.74, 6) is 0. The topological polar surface area (TPSA) is 60.9 Å². The van der Waals surface area contributed by atoms with E-state index < -0.39 is 6.67 Å². The second-order valence-electron chi connectivity index (χ2n) is 2.22. The van der Waals surface area contributed by atoms with Gasteiger partial charge >= 0.3 is 0 Å². The van der Waals surface area contributed by atoms with E-state index in [0.29, 0.717) is 5.56 Å². The molecular formula is C8H14FN3O. The summed E-state index contributed by atoms with van der Waals surface area (Å²) in [5, 5.41) is 3.82. The van der Waals surface area contributed by atoms with Gasteiger partial charge < -0.3 is 5.73 Å². The molecule has 0 radical (unpaired) electrons. The largest absolute Gasteiger partial charge is 0.333 e. The normalized spacial score (nSPS) is 8.92. The number of carbonyl (C=O) groups excluding carboxylic acids is 1. The third-order valence-electron chi connectivity index (χ3n) is 1.56. The van der Waals surface area contributed by atoms with Crippen molar-refractivity contribution >= 4 is 6.29 Å². The van der Waals surface area contributed by atoms with E-state index in [1.165, 1.54) is 17.9 Å². The molecule has 1 aromatic rings. The molecule has 1 heterocycles. The fourth-order valence-electron chi connectivity index (χ4n) is 0.882. The van der Waals surface area contributed by atoms with Crippen LogP contribution in [0, 0.1) is 6.92 Å². The van der Waals surface area contributed by atoms with E-state index >= 15 is 0 Å². The molecule has 13 heavy (non-hydrogen) atoms. The second kappa shape index (κ2) is 6.30. The van der Waals surface area contributed by atoms with Crippen LogP contribution in [0.15, 0.2) is 6.20 Å². The average Bonchev–Trinajstić information content (AvgIpc) is 2.52. The van der Waals surface area contributed by atoms with Gasteiger partial charge in [0, 0.05) is 5.69 Å². The maximum atomic E-state index is 11.8. The van der Waals surface area contributed by atoms with Gasteiger partial charge in [0.05, 0.1) is 18.3 Å². The molecule has 5 heteroatoms. The molecule has 1 aromatic heterocycles. The highest BCUT2D eigenvalue weighted by Gasteiger charge is 2.03. The lowest BCUT2D eigenvalue weighted by atomic mass is 10.3. The van der Waals surface area contributed by atoms with Gasteiger partial charge in [0.25, 0.3) is 0 Å². The van der Waals surface area contributed by atoms with E-state index in [-0.39, 0.29) is 6.54 Å². The summed E-state index contributed by atoms with van der Waals surface area (Å²) >= 11 is 0. The zero-order valence-electron chi connectivity index (χ0n) is 7.83. The molecule has 0 bridgehead atoms. The van der Waals surface area contributed by atoms with Crippen LogP contribution in [-0.4, -0.2) is 29.8 Å². The Morgan fingerprint density at radius 1 is 1.69 bits per heavy atom. The molecule has 4 nitrogen and oxygen atoms in total. The predicted molar refractivity (Wildman–Crippen MR) is 48.4 cm³/mol. The number of hydrogen-bond donors (Lipinski definition) is 1. The fourth-order valence-corrected chi connectivity index (χ4v) is 0.882. The van der Waals surface area contributed by atoms with Gasteiger partial charge in [-0.1, -0.05) is 0 Å². The van der Waals surface area contributed by atoms with E-state index in [4.69, 9.17) is 0 Å². The molecule has 0 aliphatic carbocycles. The Bertz CT molecular complexity index is 260. The number of nitrogens with zero attached hydrogens (tertiary/aromatic N) is 2. The van der Waals surface area contributed by atoms with Gasteiger partial charge in [-0.2, -0.15) is 5.10 Å². The lowest BCUT2D eigenvalue weighted by molar-refractivity contribution is 0.112. The first-order chi connectivity index (χ1) is 6.29. The molecule has 0 saturated heterocycles. The molecule has 0 fully saturated rings. The highest BCUT2D eigenvalue weighted by Crippen LogP contribution is 2.03. The van der Waals surface area contributed by atoms with Crippen LogP contribution in [0.5, 0.6) is 0 Å². The van der Waals surface area contributed by atoms with Crippen LogP contribution < -0.4 is 5.73 Å². The van der Waals surface area contributed by atoms with Crippen molar-refractivity contribution in [2.75, 3.05) is 13.7 Å². The van der Waals surface area contributed by atoms with Gasteiger partial charge in [0.1, 0.15) is 6.67 Å². The summed E-state index contributed by atoms with van der Waals surface area (Å²) in [6.07, 6.45) is 2.16. The number of nitrogens with two attached hydrogens (primary N) is 1. The number of aromatic nitrogens is 2. The first-order valence-corrected chi connectivity index (χ1v) is 3.91. The third kappa shape index (κ3) is 2.95. The van der Waals surface area contributed by atoms with Crippen molar-refractivity contribution < 1.29 is 9.18 Å². The zero-order chi connectivity index (χ0) is 10.3. The summed E-state index contributed by atoms with van der Waals surface area (Å²) in [6, 6.07) is 0. The Hall–Kier alpha value is -1.23. The minimum Gasteiger partial charge on any atom is -0.333 e. The standard InChI is InChI=1S/C7H9FN2O.CH5N/c1-6-7(5-11)4-9-10(6)3-2-8;1-2/h4-5H,2-3H2,1H3;2H2,1H3. The van der Waals surface area contributed by atoms with Crippen LogP contribution in [0.3, 0.4) is 0 Å². The minimum absolute atomic E-state index is 0.222. The number of carbonyl (C=O) groups is 1. The molecule has 0 saturated carbocycles. The van der Waals surface area contributed by atoms with Crippen molar-refractivity contribution in [1.82, 2.24) is 9.78 Å². The van der Waals surface area contributed by atoms with E-state index in [2.05, 4.69) is 10.8 Å². The third-order valence-corrected chi connectivity index (χ3v) is 1.56. The van der Waals surface area contributed by atoms with Gasteiger partial charge in [-0.25, -0.2) is 4.39 Å². The highest BCUT2D eigenvalue weighted by molar-refractivity contribution is 5.75. The number of aryl methyl sites for hydroxylation is 1. The maximum Gasteiger partial charge on any atom is 0.153 e. The molecule has 1 rings (SSSR count). The number of alkyl halides is 1. The Morgan fingerprint density at radius 3 is 2.69 bits per heavy atom. The van der Waals surface area contributed by atoms with E-state index in [0.717, 1.165) is 12.0 Å². The SMILES string of the molecule is CN.Cc1c(C=O)cnn1CCF. The van der Waals surface area contributed by atoms with Crippen molar-refractivity contribution in [1.29, 1.82) is 0 Å². The van der Waals surface area contributed by atoms with Gasteiger partial charge in [-0.05, 0) is 14.0 Å². The number of aldehydes is 1. The Kier molecular flexibility index (Phi) is 5.71. The van der Waals surface area contributed by atoms with E-state index in [9.17, 15) is 9.18 Å². The molecule has 2 N–H and O–H groups in total. The summed E-state index contributed by atoms with van der Waals surface area (Å²) in [7, 11) is 1.50. The molecule has 0 amide bonds. The summed E-state index contributed by atoms with van der Waals surface area (Å²) in [5.41, 5.74) is 5.75. The first-order valence-electron chi connectivity index (χ1n) is 3.91. The van der Waals surface area contributed by atoms with Crippen LogP contribution in [-0.2, 0) is 6.54 Å². The first kappa shape index (κ1) is 11.8.